The van der Waals surface area contributed by atoms with E-state index in [2.05, 4.69) is 11.8 Å². The van der Waals surface area contributed by atoms with Crippen molar-refractivity contribution in [3.8, 4) is 5.75 Å². The minimum atomic E-state index is -0.240. The van der Waals surface area contributed by atoms with E-state index in [1.54, 1.807) is 29.2 Å². The number of benzene rings is 2. The van der Waals surface area contributed by atoms with Crippen molar-refractivity contribution < 1.29 is 13.9 Å². The van der Waals surface area contributed by atoms with E-state index in [0.29, 0.717) is 37.0 Å². The molecule has 2 amide bonds. The Bertz CT molecular complexity index is 884. The zero-order valence-corrected chi connectivity index (χ0v) is 16.7. The number of halogens is 2. The molecule has 4 rings (SSSR count). The molecule has 0 unspecified atom stereocenters. The smallest absolute Gasteiger partial charge is 0.324 e. The molecule has 5 nitrogen and oxygen atoms in total. The number of ether oxygens (including phenoxy) is 1. The van der Waals surface area contributed by atoms with Crippen LogP contribution in [0.2, 0.25) is 5.02 Å². The van der Waals surface area contributed by atoms with Crippen LogP contribution in [0.15, 0.2) is 42.5 Å². The molecule has 0 atom stereocenters. The number of rotatable bonds is 3. The Morgan fingerprint density at radius 1 is 1.25 bits per heavy atom. The number of hydrogen-bond donors (Lipinski definition) is 0. The number of nitrogens with zero attached hydrogens (tertiary/aromatic N) is 3. The molecular weight excluding hydrogens is 381 g/mol. The number of carbonyl (C=O) groups is 1. The number of fused-ring (bicyclic) bond motifs is 1. The number of carbonyl (C=O) groups excluding carboxylic acids is 1. The van der Waals surface area contributed by atoms with Gasteiger partial charge in [-0.1, -0.05) is 18.5 Å². The molecule has 2 aromatic rings. The molecular formula is C21H23ClFN3O2. The first-order chi connectivity index (χ1) is 13.3. The normalized spacial score (nSPS) is 17.4. The van der Waals surface area contributed by atoms with E-state index in [0.717, 1.165) is 17.9 Å². The van der Waals surface area contributed by atoms with Crippen LogP contribution in [0.3, 0.4) is 0 Å². The van der Waals surface area contributed by atoms with Crippen LogP contribution in [0.5, 0.6) is 5.75 Å². The standard InChI is InChI=1S/C21H23ClFN3O2/c1-21(12-24(2)17-6-4-16(23)5-7-17)13-25(14-21)20(27)26-9-10-28-19-11-15(22)3-8-18(19)26/h3-8,11H,9-10,12-14H2,1-2H3. The van der Waals surface area contributed by atoms with E-state index in [9.17, 15) is 9.18 Å². The van der Waals surface area contributed by atoms with E-state index >= 15 is 0 Å². The zero-order valence-electron chi connectivity index (χ0n) is 16.0. The van der Waals surface area contributed by atoms with E-state index in [1.165, 1.54) is 12.1 Å². The second-order valence-electron chi connectivity index (χ2n) is 7.89. The third-order valence-corrected chi connectivity index (χ3v) is 5.55. The lowest BCUT2D eigenvalue weighted by molar-refractivity contribution is 0.0554. The van der Waals surface area contributed by atoms with Crippen LogP contribution in [0.25, 0.3) is 0 Å². The maximum atomic E-state index is 13.1. The Balaban J connectivity index is 1.39. The molecule has 7 heteroatoms. The number of likely N-dealkylation sites (tertiary alicyclic amines) is 1. The van der Waals surface area contributed by atoms with Crippen molar-refractivity contribution in [1.82, 2.24) is 4.90 Å². The van der Waals surface area contributed by atoms with Gasteiger partial charge in [-0.2, -0.15) is 0 Å². The minimum absolute atomic E-state index is 0.00576. The summed E-state index contributed by atoms with van der Waals surface area (Å²) in [7, 11) is 1.99. The third kappa shape index (κ3) is 3.61. The lowest BCUT2D eigenvalue weighted by atomic mass is 9.81. The fraction of sp³-hybridized carbons (Fsp3) is 0.381. The second-order valence-corrected chi connectivity index (χ2v) is 8.33. The fourth-order valence-corrected chi connectivity index (χ4v) is 4.20. The van der Waals surface area contributed by atoms with Gasteiger partial charge in [-0.05, 0) is 36.4 Å². The molecule has 0 spiro atoms. The highest BCUT2D eigenvalue weighted by Crippen LogP contribution is 2.37. The molecule has 28 heavy (non-hydrogen) atoms. The Kier molecular flexibility index (Phi) is 4.83. The van der Waals surface area contributed by atoms with Crippen molar-refractivity contribution >= 4 is 29.0 Å². The molecule has 1 fully saturated rings. The monoisotopic (exact) mass is 403 g/mol. The number of anilines is 2. The lowest BCUT2D eigenvalue weighted by Crippen LogP contribution is -2.63. The van der Waals surface area contributed by atoms with Crippen molar-refractivity contribution in [3.63, 3.8) is 0 Å². The highest BCUT2D eigenvalue weighted by molar-refractivity contribution is 6.30. The van der Waals surface area contributed by atoms with Gasteiger partial charge in [-0.25, -0.2) is 9.18 Å². The Labute approximate surface area is 169 Å². The van der Waals surface area contributed by atoms with Gasteiger partial charge in [-0.15, -0.1) is 0 Å². The van der Waals surface area contributed by atoms with Gasteiger partial charge in [0, 0.05) is 48.9 Å². The average molecular weight is 404 g/mol. The summed E-state index contributed by atoms with van der Waals surface area (Å²) in [5.74, 6) is 0.405. The predicted octanol–water partition coefficient (Wildman–Crippen LogP) is 4.26. The summed E-state index contributed by atoms with van der Waals surface area (Å²) in [4.78, 5) is 18.7. The first-order valence-electron chi connectivity index (χ1n) is 9.30. The van der Waals surface area contributed by atoms with Crippen LogP contribution >= 0.6 is 11.6 Å². The van der Waals surface area contributed by atoms with Crippen molar-refractivity contribution in [2.45, 2.75) is 6.92 Å². The quantitative estimate of drug-likeness (QED) is 0.768. The van der Waals surface area contributed by atoms with Crippen molar-refractivity contribution in [2.75, 3.05) is 49.6 Å². The number of hydrogen-bond acceptors (Lipinski definition) is 3. The van der Waals surface area contributed by atoms with Crippen molar-refractivity contribution in [3.05, 3.63) is 53.3 Å². The molecule has 2 aromatic carbocycles. The molecule has 2 aliphatic heterocycles. The average Bonchev–Trinajstić information content (AvgIpc) is 2.65. The van der Waals surface area contributed by atoms with Crippen LogP contribution in [0, 0.1) is 11.2 Å². The Morgan fingerprint density at radius 2 is 1.96 bits per heavy atom. The lowest BCUT2D eigenvalue weighted by Gasteiger charge is -2.51. The second kappa shape index (κ2) is 7.17. The van der Waals surface area contributed by atoms with E-state index in [1.807, 2.05) is 18.0 Å². The Hall–Kier alpha value is -2.47. The predicted molar refractivity (Wildman–Crippen MR) is 109 cm³/mol. The van der Waals surface area contributed by atoms with Crippen LogP contribution in [0.1, 0.15) is 6.92 Å². The molecule has 2 heterocycles. The van der Waals surface area contributed by atoms with Gasteiger partial charge < -0.3 is 14.5 Å². The zero-order chi connectivity index (χ0) is 19.9. The van der Waals surface area contributed by atoms with E-state index < -0.39 is 0 Å². The van der Waals surface area contributed by atoms with Gasteiger partial charge in [-0.3, -0.25) is 4.90 Å². The van der Waals surface area contributed by atoms with Gasteiger partial charge in [0.05, 0.1) is 12.2 Å². The number of amides is 2. The van der Waals surface area contributed by atoms with Gasteiger partial charge in [0.2, 0.25) is 0 Å². The summed E-state index contributed by atoms with van der Waals surface area (Å²) in [6, 6.07) is 11.8. The molecule has 0 bridgehead atoms. The minimum Gasteiger partial charge on any atom is -0.489 e. The van der Waals surface area contributed by atoms with Gasteiger partial charge in [0.1, 0.15) is 18.2 Å². The molecule has 2 aliphatic rings. The van der Waals surface area contributed by atoms with E-state index in [4.69, 9.17) is 16.3 Å². The first kappa shape index (κ1) is 18.9. The summed E-state index contributed by atoms with van der Waals surface area (Å²) in [5, 5.41) is 0.591. The highest BCUT2D eigenvalue weighted by atomic mass is 35.5. The third-order valence-electron chi connectivity index (χ3n) is 5.32. The summed E-state index contributed by atoms with van der Waals surface area (Å²) in [6.07, 6.45) is 0. The van der Waals surface area contributed by atoms with E-state index in [-0.39, 0.29) is 17.3 Å². The largest absolute Gasteiger partial charge is 0.489 e. The first-order valence-corrected chi connectivity index (χ1v) is 9.68. The highest BCUT2D eigenvalue weighted by Gasteiger charge is 2.44. The van der Waals surface area contributed by atoms with Crippen LogP contribution in [0.4, 0.5) is 20.6 Å². The van der Waals surface area contributed by atoms with Crippen LogP contribution in [-0.4, -0.2) is 50.8 Å². The molecule has 148 valence electrons. The summed E-state index contributed by atoms with van der Waals surface area (Å²) < 4.78 is 18.8. The Morgan fingerprint density at radius 3 is 2.68 bits per heavy atom. The SMILES string of the molecule is CN(CC1(C)CN(C(=O)N2CCOc3cc(Cl)ccc32)C1)c1ccc(F)cc1. The molecule has 0 aliphatic carbocycles. The van der Waals surface area contributed by atoms with Gasteiger partial charge in [0.25, 0.3) is 0 Å². The maximum absolute atomic E-state index is 13.1. The van der Waals surface area contributed by atoms with Gasteiger partial charge >= 0.3 is 6.03 Å². The van der Waals surface area contributed by atoms with Crippen molar-refractivity contribution in [1.29, 1.82) is 0 Å². The molecule has 0 aromatic heterocycles. The van der Waals surface area contributed by atoms with Crippen LogP contribution in [-0.2, 0) is 0 Å². The van der Waals surface area contributed by atoms with Gasteiger partial charge in [0.15, 0.2) is 0 Å². The molecule has 0 radical (unpaired) electrons. The van der Waals surface area contributed by atoms with Crippen molar-refractivity contribution in [2.24, 2.45) is 5.41 Å². The van der Waals surface area contributed by atoms with Crippen LogP contribution < -0.4 is 14.5 Å². The number of urea groups is 1. The molecule has 0 N–H and O–H groups in total. The summed E-state index contributed by atoms with van der Waals surface area (Å²) in [5.41, 5.74) is 1.72. The molecule has 0 saturated carbocycles. The summed E-state index contributed by atoms with van der Waals surface area (Å²) >= 11 is 6.03. The molecule has 1 saturated heterocycles. The maximum Gasteiger partial charge on any atom is 0.324 e. The summed E-state index contributed by atoms with van der Waals surface area (Å²) in [6.45, 7) is 5.30. The fourth-order valence-electron chi connectivity index (χ4n) is 4.03. The topological polar surface area (TPSA) is 36.0 Å².